The number of nitrogens with one attached hydrogen (secondary N) is 1. The molecule has 0 saturated heterocycles. The molecule has 2 aromatic rings. The van der Waals surface area contributed by atoms with Crippen LogP contribution in [0.15, 0.2) is 18.2 Å². The first-order chi connectivity index (χ1) is 15.3. The van der Waals surface area contributed by atoms with E-state index in [1.54, 1.807) is 6.07 Å². The van der Waals surface area contributed by atoms with Crippen LogP contribution in [0.2, 0.25) is 0 Å². The number of rotatable bonds is 11. The molecule has 1 heterocycles. The number of carboxylic acid groups (broad SMARTS) is 1. The van der Waals surface area contributed by atoms with Crippen LogP contribution in [0.3, 0.4) is 0 Å². The van der Waals surface area contributed by atoms with Crippen molar-refractivity contribution in [2.45, 2.75) is 91.6 Å². The number of aromatic nitrogens is 2. The Morgan fingerprint density at radius 1 is 1.16 bits per heavy atom. The van der Waals surface area contributed by atoms with Gasteiger partial charge in [-0.2, -0.15) is 0 Å². The molecule has 0 radical (unpaired) electrons. The lowest BCUT2D eigenvalue weighted by molar-refractivity contribution is -0.139. The molecule has 0 aliphatic heterocycles. The first-order valence-corrected chi connectivity index (χ1v) is 12.3. The van der Waals surface area contributed by atoms with Crippen molar-refractivity contribution in [2.75, 3.05) is 0 Å². The summed E-state index contributed by atoms with van der Waals surface area (Å²) in [6.45, 7) is 9.43. The monoisotopic (exact) mass is 441 g/mol. The fraction of sp³-hybridized carbons (Fsp3) is 0.654. The number of carboxylic acids is 1. The third-order valence-corrected chi connectivity index (χ3v) is 7.17. The van der Waals surface area contributed by atoms with Crippen LogP contribution in [0.5, 0.6) is 0 Å². The number of carbonyl (C=O) groups is 2. The van der Waals surface area contributed by atoms with Crippen molar-refractivity contribution in [1.29, 1.82) is 0 Å². The van der Waals surface area contributed by atoms with E-state index in [0.29, 0.717) is 23.8 Å². The molecular weight excluding hydrogens is 402 g/mol. The topological polar surface area (TPSA) is 84.2 Å². The summed E-state index contributed by atoms with van der Waals surface area (Å²) in [5.74, 6) is 1.25. The first-order valence-electron chi connectivity index (χ1n) is 12.3. The molecule has 1 aromatic carbocycles. The molecule has 6 heteroatoms. The van der Waals surface area contributed by atoms with Crippen molar-refractivity contribution < 1.29 is 14.7 Å². The number of carbonyl (C=O) groups excluding carboxylic acids is 1. The van der Waals surface area contributed by atoms with Crippen molar-refractivity contribution in [2.24, 2.45) is 17.8 Å². The highest BCUT2D eigenvalue weighted by Crippen LogP contribution is 2.30. The zero-order valence-corrected chi connectivity index (χ0v) is 20.1. The SMILES string of the molecule is CCC(C)C[C@H](NC(=O)c1ccc2c(c1)nc(CC1CCCC1)n2CC(C)CC)C(=O)O. The molecule has 2 unspecified atom stereocenters. The van der Waals surface area contributed by atoms with E-state index in [1.807, 2.05) is 26.0 Å². The molecule has 1 aromatic heterocycles. The Morgan fingerprint density at radius 2 is 1.84 bits per heavy atom. The van der Waals surface area contributed by atoms with E-state index in [4.69, 9.17) is 4.98 Å². The molecular formula is C26H39N3O3. The zero-order chi connectivity index (χ0) is 23.3. The van der Waals surface area contributed by atoms with Crippen LogP contribution in [0, 0.1) is 17.8 Å². The number of hydrogen-bond acceptors (Lipinski definition) is 3. The van der Waals surface area contributed by atoms with Gasteiger partial charge in [-0.3, -0.25) is 4.79 Å². The van der Waals surface area contributed by atoms with Crippen molar-refractivity contribution >= 4 is 22.9 Å². The van der Waals surface area contributed by atoms with Gasteiger partial charge in [0.25, 0.3) is 5.91 Å². The molecule has 1 amide bonds. The van der Waals surface area contributed by atoms with Crippen LogP contribution in [-0.4, -0.2) is 32.6 Å². The van der Waals surface area contributed by atoms with E-state index >= 15 is 0 Å². The fourth-order valence-corrected chi connectivity index (χ4v) is 4.63. The summed E-state index contributed by atoms with van der Waals surface area (Å²) in [6.07, 6.45) is 8.56. The predicted molar refractivity (Wildman–Crippen MR) is 128 cm³/mol. The minimum atomic E-state index is -0.989. The van der Waals surface area contributed by atoms with Crippen molar-refractivity contribution in [3.63, 3.8) is 0 Å². The smallest absolute Gasteiger partial charge is 0.326 e. The normalized spacial score (nSPS) is 17.4. The van der Waals surface area contributed by atoms with Gasteiger partial charge in [0.1, 0.15) is 11.9 Å². The van der Waals surface area contributed by atoms with Crippen LogP contribution in [0.4, 0.5) is 0 Å². The molecule has 3 atom stereocenters. The average molecular weight is 442 g/mol. The largest absolute Gasteiger partial charge is 0.480 e. The van der Waals surface area contributed by atoms with Gasteiger partial charge in [0.15, 0.2) is 0 Å². The summed E-state index contributed by atoms with van der Waals surface area (Å²) in [5.41, 5.74) is 2.35. The van der Waals surface area contributed by atoms with Gasteiger partial charge >= 0.3 is 5.97 Å². The number of nitrogens with zero attached hydrogens (tertiary/aromatic N) is 2. The molecule has 2 N–H and O–H groups in total. The molecule has 32 heavy (non-hydrogen) atoms. The number of imidazole rings is 1. The maximum atomic E-state index is 12.9. The van der Waals surface area contributed by atoms with Crippen LogP contribution < -0.4 is 5.32 Å². The lowest BCUT2D eigenvalue weighted by Gasteiger charge is -2.18. The van der Waals surface area contributed by atoms with Gasteiger partial charge in [0, 0.05) is 18.5 Å². The second kappa shape index (κ2) is 11.0. The summed E-state index contributed by atoms with van der Waals surface area (Å²) in [6, 6.07) is 4.71. The molecule has 1 fully saturated rings. The van der Waals surface area contributed by atoms with E-state index in [9.17, 15) is 14.7 Å². The highest BCUT2D eigenvalue weighted by Gasteiger charge is 2.24. The van der Waals surface area contributed by atoms with Crippen molar-refractivity contribution in [3.05, 3.63) is 29.6 Å². The van der Waals surface area contributed by atoms with E-state index in [1.165, 1.54) is 25.7 Å². The van der Waals surface area contributed by atoms with Gasteiger partial charge in [-0.05, 0) is 42.4 Å². The number of fused-ring (bicyclic) bond motifs is 1. The van der Waals surface area contributed by atoms with Crippen molar-refractivity contribution in [3.8, 4) is 0 Å². The second-order valence-electron chi connectivity index (χ2n) is 9.82. The quantitative estimate of drug-likeness (QED) is 0.487. The number of benzene rings is 1. The molecule has 1 aliphatic carbocycles. The maximum Gasteiger partial charge on any atom is 0.326 e. The summed E-state index contributed by atoms with van der Waals surface area (Å²) < 4.78 is 2.34. The molecule has 1 saturated carbocycles. The van der Waals surface area contributed by atoms with E-state index in [-0.39, 0.29) is 11.8 Å². The first kappa shape index (κ1) is 24.3. The molecule has 1 aliphatic rings. The Kier molecular flexibility index (Phi) is 8.32. The van der Waals surface area contributed by atoms with Crippen LogP contribution in [0.1, 0.15) is 88.8 Å². The molecule has 6 nitrogen and oxygen atoms in total. The average Bonchev–Trinajstić information content (AvgIpc) is 3.40. The number of amides is 1. The lowest BCUT2D eigenvalue weighted by atomic mass is 9.99. The van der Waals surface area contributed by atoms with Gasteiger partial charge in [-0.1, -0.05) is 66.2 Å². The molecule has 0 bridgehead atoms. The van der Waals surface area contributed by atoms with E-state index < -0.39 is 12.0 Å². The van der Waals surface area contributed by atoms with Gasteiger partial charge in [-0.25, -0.2) is 9.78 Å². The van der Waals surface area contributed by atoms with Crippen LogP contribution in [0.25, 0.3) is 11.0 Å². The fourth-order valence-electron chi connectivity index (χ4n) is 4.63. The molecule has 3 rings (SSSR count). The molecule has 176 valence electrons. The minimum absolute atomic E-state index is 0.230. The third-order valence-electron chi connectivity index (χ3n) is 7.17. The van der Waals surface area contributed by atoms with E-state index in [0.717, 1.165) is 42.7 Å². The van der Waals surface area contributed by atoms with Gasteiger partial charge in [0.05, 0.1) is 11.0 Å². The Labute approximate surface area is 191 Å². The van der Waals surface area contributed by atoms with Gasteiger partial charge in [-0.15, -0.1) is 0 Å². The summed E-state index contributed by atoms with van der Waals surface area (Å²) in [4.78, 5) is 29.5. The molecule has 0 spiro atoms. The Morgan fingerprint density at radius 3 is 2.47 bits per heavy atom. The lowest BCUT2D eigenvalue weighted by Crippen LogP contribution is -2.41. The Bertz CT molecular complexity index is 930. The standard InChI is InChI=1S/C26H39N3O3/c1-5-17(3)13-22(26(31)32)28-25(30)20-11-12-23-21(15-20)27-24(14-19-9-7-8-10-19)29(23)16-18(4)6-2/h11-12,15,17-19,22H,5-10,13-14,16H2,1-4H3,(H,28,30)(H,31,32)/t17?,18?,22-/m0/s1. The predicted octanol–water partition coefficient (Wildman–Crippen LogP) is 5.43. The van der Waals surface area contributed by atoms with E-state index in [2.05, 4.69) is 23.7 Å². The summed E-state index contributed by atoms with van der Waals surface area (Å²) in [7, 11) is 0. The number of hydrogen-bond donors (Lipinski definition) is 2. The number of aliphatic carboxylic acids is 1. The second-order valence-corrected chi connectivity index (χ2v) is 9.82. The Hall–Kier alpha value is -2.37. The zero-order valence-electron chi connectivity index (χ0n) is 20.1. The van der Waals surface area contributed by atoms with Crippen LogP contribution >= 0.6 is 0 Å². The Balaban J connectivity index is 1.86. The highest BCUT2D eigenvalue weighted by atomic mass is 16.4. The summed E-state index contributed by atoms with van der Waals surface area (Å²) in [5, 5.41) is 12.2. The maximum absolute atomic E-state index is 12.9. The van der Waals surface area contributed by atoms with Crippen LogP contribution in [-0.2, 0) is 17.8 Å². The van der Waals surface area contributed by atoms with Gasteiger partial charge in [0.2, 0.25) is 0 Å². The third kappa shape index (κ3) is 5.90. The minimum Gasteiger partial charge on any atom is -0.480 e. The highest BCUT2D eigenvalue weighted by molar-refractivity contribution is 5.99. The van der Waals surface area contributed by atoms with Crippen molar-refractivity contribution in [1.82, 2.24) is 14.9 Å². The van der Waals surface area contributed by atoms with Gasteiger partial charge < -0.3 is 15.0 Å². The summed E-state index contributed by atoms with van der Waals surface area (Å²) >= 11 is 0.